The standard InChI is InChI=1S/C17H17NO3.C11H9NO3.C3H5Br/c1-3-8-20-14-10-13(11-15(12-14)21-9-4-2)17(19)16-6-5-7-18-16;13-8-4-7(5-9(14)6-8)11(15)10-2-1-3-12-10;1-2-3-4/h3-7,10-12,18H,1-2,8-9H2;1-6,12-14H;2H,1,3H2. The highest BCUT2D eigenvalue weighted by molar-refractivity contribution is 9.09. The van der Waals surface area contributed by atoms with Crippen LogP contribution >= 0.6 is 15.9 Å². The highest BCUT2D eigenvalue weighted by Crippen LogP contribution is 2.25. The third kappa shape index (κ3) is 10.2. The molecule has 0 aliphatic carbocycles. The molecule has 2 aromatic carbocycles. The topological polar surface area (TPSA) is 125 Å². The van der Waals surface area contributed by atoms with Crippen LogP contribution in [0.2, 0.25) is 0 Å². The smallest absolute Gasteiger partial charge is 0.209 e. The van der Waals surface area contributed by atoms with Crippen molar-refractivity contribution >= 4 is 27.5 Å². The van der Waals surface area contributed by atoms with Gasteiger partial charge in [-0.25, -0.2) is 0 Å². The van der Waals surface area contributed by atoms with E-state index in [0.717, 1.165) is 5.33 Å². The molecule has 40 heavy (non-hydrogen) atoms. The second kappa shape index (κ2) is 17.0. The van der Waals surface area contributed by atoms with Gasteiger partial charge in [-0.3, -0.25) is 9.59 Å². The number of hydrogen-bond donors (Lipinski definition) is 4. The van der Waals surface area contributed by atoms with Gasteiger partial charge in [-0.15, -0.1) is 6.58 Å². The largest absolute Gasteiger partial charge is 0.508 e. The van der Waals surface area contributed by atoms with Gasteiger partial charge in [0.15, 0.2) is 0 Å². The van der Waals surface area contributed by atoms with Crippen LogP contribution in [0, 0.1) is 0 Å². The van der Waals surface area contributed by atoms with Crippen LogP contribution in [-0.4, -0.2) is 50.3 Å². The zero-order valence-corrected chi connectivity index (χ0v) is 23.4. The number of nitrogens with one attached hydrogen (secondary N) is 2. The number of ether oxygens (including phenoxy) is 2. The Bertz CT molecular complexity index is 1340. The van der Waals surface area contributed by atoms with E-state index in [4.69, 9.17) is 9.47 Å². The number of allylic oxidation sites excluding steroid dienone is 1. The lowest BCUT2D eigenvalue weighted by atomic mass is 10.1. The maximum absolute atomic E-state index is 12.4. The normalized spacial score (nSPS) is 9.62. The Hall–Kier alpha value is -4.76. The molecule has 4 rings (SSSR count). The number of aromatic hydroxyl groups is 2. The van der Waals surface area contributed by atoms with Gasteiger partial charge >= 0.3 is 0 Å². The predicted molar refractivity (Wildman–Crippen MR) is 160 cm³/mol. The van der Waals surface area contributed by atoms with Gasteiger partial charge in [0.1, 0.15) is 36.2 Å². The van der Waals surface area contributed by atoms with Crippen LogP contribution in [0.4, 0.5) is 0 Å². The average Bonchev–Trinajstić information content (AvgIpc) is 3.69. The molecular weight excluding hydrogens is 576 g/mol. The van der Waals surface area contributed by atoms with Gasteiger partial charge in [-0.2, -0.15) is 0 Å². The van der Waals surface area contributed by atoms with Crippen LogP contribution in [-0.2, 0) is 0 Å². The van der Waals surface area contributed by atoms with Crippen molar-refractivity contribution < 1.29 is 29.3 Å². The van der Waals surface area contributed by atoms with Crippen LogP contribution in [0.5, 0.6) is 23.0 Å². The van der Waals surface area contributed by atoms with Gasteiger partial charge < -0.3 is 29.7 Å². The number of aromatic amines is 2. The molecule has 0 amide bonds. The van der Waals surface area contributed by atoms with E-state index in [0.29, 0.717) is 41.7 Å². The molecule has 0 unspecified atom stereocenters. The Kier molecular flexibility index (Phi) is 13.3. The van der Waals surface area contributed by atoms with Crippen molar-refractivity contribution in [2.45, 2.75) is 0 Å². The second-order valence-electron chi connectivity index (χ2n) is 7.90. The van der Waals surface area contributed by atoms with Crippen LogP contribution in [0.1, 0.15) is 32.1 Å². The van der Waals surface area contributed by atoms with Gasteiger partial charge in [0.2, 0.25) is 11.6 Å². The Morgan fingerprint density at radius 2 is 1.15 bits per heavy atom. The fraction of sp³-hybridized carbons (Fsp3) is 0.0968. The lowest BCUT2D eigenvalue weighted by Gasteiger charge is -2.10. The summed E-state index contributed by atoms with van der Waals surface area (Å²) in [6.45, 7) is 11.4. The molecule has 0 bridgehead atoms. The molecule has 4 N–H and O–H groups in total. The Balaban J connectivity index is 0.000000257. The summed E-state index contributed by atoms with van der Waals surface area (Å²) >= 11 is 3.13. The highest BCUT2D eigenvalue weighted by Gasteiger charge is 2.13. The van der Waals surface area contributed by atoms with Gasteiger partial charge in [-0.1, -0.05) is 47.3 Å². The summed E-state index contributed by atoms with van der Waals surface area (Å²) in [6, 6.07) is 15.7. The molecule has 8 nitrogen and oxygen atoms in total. The van der Waals surface area contributed by atoms with Crippen molar-refractivity contribution in [3.63, 3.8) is 0 Å². The molecule has 0 saturated carbocycles. The number of phenolic OH excluding ortho intramolecular Hbond substituents is 2. The van der Waals surface area contributed by atoms with Crippen molar-refractivity contribution in [3.05, 3.63) is 134 Å². The molecule has 0 spiro atoms. The number of carbonyl (C=O) groups excluding carboxylic acids is 2. The first-order valence-electron chi connectivity index (χ1n) is 12.0. The van der Waals surface area contributed by atoms with E-state index < -0.39 is 0 Å². The summed E-state index contributed by atoms with van der Waals surface area (Å²) in [5.41, 5.74) is 1.68. The van der Waals surface area contributed by atoms with Crippen molar-refractivity contribution in [2.75, 3.05) is 18.5 Å². The molecule has 9 heteroatoms. The summed E-state index contributed by atoms with van der Waals surface area (Å²) in [4.78, 5) is 29.8. The number of carbonyl (C=O) groups is 2. The zero-order valence-electron chi connectivity index (χ0n) is 21.8. The monoisotopic (exact) mass is 606 g/mol. The fourth-order valence-electron chi connectivity index (χ4n) is 3.16. The summed E-state index contributed by atoms with van der Waals surface area (Å²) in [5.74, 6) is 0.464. The molecule has 0 aliphatic rings. The molecular formula is C31H31BrN2O6. The van der Waals surface area contributed by atoms with Crippen molar-refractivity contribution in [2.24, 2.45) is 0 Å². The third-order valence-electron chi connectivity index (χ3n) is 4.84. The minimum Gasteiger partial charge on any atom is -0.508 e. The number of rotatable bonds is 11. The molecule has 0 radical (unpaired) electrons. The Morgan fingerprint density at radius 1 is 0.725 bits per heavy atom. The number of hydrogen-bond acceptors (Lipinski definition) is 6. The van der Waals surface area contributed by atoms with E-state index in [1.54, 1.807) is 73.1 Å². The first kappa shape index (κ1) is 31.5. The second-order valence-corrected chi connectivity index (χ2v) is 8.55. The van der Waals surface area contributed by atoms with E-state index in [-0.39, 0.29) is 28.6 Å². The number of H-pyrrole nitrogens is 2. The molecule has 208 valence electrons. The van der Waals surface area contributed by atoms with Gasteiger partial charge in [0.05, 0.1) is 11.4 Å². The van der Waals surface area contributed by atoms with Gasteiger partial charge in [0, 0.05) is 41.0 Å². The summed E-state index contributed by atoms with van der Waals surface area (Å²) in [5, 5.41) is 19.3. The number of alkyl halides is 1. The third-order valence-corrected chi connectivity index (χ3v) is 5.29. The van der Waals surface area contributed by atoms with Crippen LogP contribution in [0.3, 0.4) is 0 Å². The van der Waals surface area contributed by atoms with E-state index >= 15 is 0 Å². The lowest BCUT2D eigenvalue weighted by Crippen LogP contribution is -2.04. The number of benzene rings is 2. The SMILES string of the molecule is C=CCBr.C=CCOc1cc(OCC=C)cc(C(=O)c2ccc[nH]2)c1.O=C(c1cc(O)cc(O)c1)c1ccc[nH]1. The molecule has 0 aliphatic heterocycles. The van der Waals surface area contributed by atoms with Crippen LogP contribution in [0.25, 0.3) is 0 Å². The molecule has 4 aromatic rings. The Labute approximate surface area is 241 Å². The van der Waals surface area contributed by atoms with E-state index in [1.165, 1.54) is 18.2 Å². The zero-order chi connectivity index (χ0) is 29.3. The summed E-state index contributed by atoms with van der Waals surface area (Å²) in [7, 11) is 0. The van der Waals surface area contributed by atoms with Crippen molar-refractivity contribution in [1.82, 2.24) is 9.97 Å². The number of ketones is 2. The minimum atomic E-state index is -0.272. The van der Waals surface area contributed by atoms with E-state index in [2.05, 4.69) is 45.6 Å². The molecule has 2 aromatic heterocycles. The average molecular weight is 608 g/mol. The number of aromatic nitrogens is 2. The van der Waals surface area contributed by atoms with Crippen LogP contribution < -0.4 is 9.47 Å². The molecule has 0 atom stereocenters. The van der Waals surface area contributed by atoms with Crippen molar-refractivity contribution in [1.29, 1.82) is 0 Å². The van der Waals surface area contributed by atoms with Crippen molar-refractivity contribution in [3.8, 4) is 23.0 Å². The fourth-order valence-corrected chi connectivity index (χ4v) is 3.16. The predicted octanol–water partition coefficient (Wildman–Crippen LogP) is 6.60. The highest BCUT2D eigenvalue weighted by atomic mass is 79.9. The first-order valence-corrected chi connectivity index (χ1v) is 13.1. The maximum atomic E-state index is 12.4. The maximum Gasteiger partial charge on any atom is 0.209 e. The summed E-state index contributed by atoms with van der Waals surface area (Å²) < 4.78 is 11.0. The number of phenols is 2. The lowest BCUT2D eigenvalue weighted by molar-refractivity contribution is 0.102. The Morgan fingerprint density at radius 3 is 1.50 bits per heavy atom. The quantitative estimate of drug-likeness (QED) is 0.0866. The molecule has 0 fully saturated rings. The van der Waals surface area contributed by atoms with E-state index in [1.807, 2.05) is 0 Å². The summed E-state index contributed by atoms with van der Waals surface area (Å²) in [6.07, 6.45) is 8.42. The first-order chi connectivity index (χ1) is 19.3. The minimum absolute atomic E-state index is 0.118. The van der Waals surface area contributed by atoms with Gasteiger partial charge in [-0.05, 0) is 48.5 Å². The number of halogens is 1. The van der Waals surface area contributed by atoms with E-state index in [9.17, 15) is 19.8 Å². The molecule has 2 heterocycles. The van der Waals surface area contributed by atoms with Crippen LogP contribution in [0.15, 0.2) is 111 Å². The molecule has 0 saturated heterocycles. The van der Waals surface area contributed by atoms with Gasteiger partial charge in [0.25, 0.3) is 0 Å².